The number of hydrogen-bond donors (Lipinski definition) is 1. The minimum atomic E-state index is -0.675. The number of aliphatic carboxylic acids is 1. The molecule has 24 heavy (non-hydrogen) atoms. The minimum absolute atomic E-state index is 0.314. The van der Waals surface area contributed by atoms with Crippen LogP contribution >= 0.6 is 0 Å². The molecule has 0 aromatic carbocycles. The lowest BCUT2D eigenvalue weighted by atomic mass is 10.1. The van der Waals surface area contributed by atoms with E-state index in [2.05, 4.69) is 31.2 Å². The van der Waals surface area contributed by atoms with Gasteiger partial charge in [-0.3, -0.25) is 4.79 Å². The second-order valence-electron chi connectivity index (χ2n) is 6.78. The van der Waals surface area contributed by atoms with Gasteiger partial charge in [-0.15, -0.1) is 0 Å². The summed E-state index contributed by atoms with van der Waals surface area (Å²) in [4.78, 5) is 10.4. The highest BCUT2D eigenvalue weighted by molar-refractivity contribution is 5.66. The summed E-state index contributed by atoms with van der Waals surface area (Å²) in [5, 5.41) is 8.54. The van der Waals surface area contributed by atoms with E-state index < -0.39 is 5.97 Å². The van der Waals surface area contributed by atoms with Crippen LogP contribution < -0.4 is 0 Å². The van der Waals surface area contributed by atoms with E-state index in [0.29, 0.717) is 6.42 Å². The predicted molar refractivity (Wildman–Crippen MR) is 105 cm³/mol. The third kappa shape index (κ3) is 20.9. The average Bonchev–Trinajstić information content (AvgIpc) is 2.56. The van der Waals surface area contributed by atoms with Crippen molar-refractivity contribution in [1.29, 1.82) is 0 Å². The molecule has 0 aliphatic rings. The summed E-state index contributed by atoms with van der Waals surface area (Å²) in [7, 11) is 0. The van der Waals surface area contributed by atoms with Crippen molar-refractivity contribution in [3.63, 3.8) is 0 Å². The summed E-state index contributed by atoms with van der Waals surface area (Å²) in [6.07, 6.45) is 28.2. The molecule has 0 atom stereocenters. The van der Waals surface area contributed by atoms with Gasteiger partial charge < -0.3 is 5.11 Å². The van der Waals surface area contributed by atoms with Crippen LogP contribution in [0.25, 0.3) is 0 Å². The molecular weight excluding hydrogens is 296 g/mol. The van der Waals surface area contributed by atoms with Crippen molar-refractivity contribution in [3.05, 3.63) is 24.3 Å². The fourth-order valence-corrected chi connectivity index (χ4v) is 2.76. The molecule has 2 heteroatoms. The standard InChI is InChI=1S/C22H40O2/c1-2-3-4-5-6-7-8-9-10-11-12-13-14-15-16-17-18-19-20-21-22(23)24/h10-11,15-16H,2-9,12-14,17-21H2,1H3,(H,23,24). The Hall–Kier alpha value is -1.05. The van der Waals surface area contributed by atoms with Crippen LogP contribution in [0.2, 0.25) is 0 Å². The monoisotopic (exact) mass is 336 g/mol. The van der Waals surface area contributed by atoms with Gasteiger partial charge in [0.2, 0.25) is 0 Å². The van der Waals surface area contributed by atoms with Gasteiger partial charge >= 0.3 is 5.97 Å². The highest BCUT2D eigenvalue weighted by Gasteiger charge is 1.94. The molecule has 0 aliphatic carbocycles. The topological polar surface area (TPSA) is 37.3 Å². The summed E-state index contributed by atoms with van der Waals surface area (Å²) in [5.74, 6) is -0.675. The first-order valence-electron chi connectivity index (χ1n) is 10.3. The van der Waals surface area contributed by atoms with Crippen LogP contribution in [0.5, 0.6) is 0 Å². The van der Waals surface area contributed by atoms with E-state index >= 15 is 0 Å². The van der Waals surface area contributed by atoms with Crippen LogP contribution in [0.15, 0.2) is 24.3 Å². The molecule has 0 unspecified atom stereocenters. The van der Waals surface area contributed by atoms with Gasteiger partial charge in [-0.2, -0.15) is 0 Å². The SMILES string of the molecule is CCCCCCCCCC=CCCCC=CCCCCCC(=O)O. The van der Waals surface area contributed by atoms with Crippen LogP contribution in [-0.2, 0) is 4.79 Å². The quantitative estimate of drug-likeness (QED) is 0.208. The van der Waals surface area contributed by atoms with Gasteiger partial charge in [0.1, 0.15) is 0 Å². The number of allylic oxidation sites excluding steroid dienone is 4. The predicted octanol–water partition coefficient (Wildman–Crippen LogP) is 7.44. The maximum Gasteiger partial charge on any atom is 0.303 e. The number of carboxylic acid groups (broad SMARTS) is 1. The lowest BCUT2D eigenvalue weighted by Crippen LogP contribution is -1.93. The van der Waals surface area contributed by atoms with Crippen molar-refractivity contribution in [1.82, 2.24) is 0 Å². The van der Waals surface area contributed by atoms with Gasteiger partial charge in [0, 0.05) is 6.42 Å². The molecule has 0 aliphatic heterocycles. The smallest absolute Gasteiger partial charge is 0.303 e. The number of carbonyl (C=O) groups is 1. The van der Waals surface area contributed by atoms with Gasteiger partial charge in [-0.25, -0.2) is 0 Å². The molecule has 1 N–H and O–H groups in total. The fourth-order valence-electron chi connectivity index (χ4n) is 2.76. The van der Waals surface area contributed by atoms with Crippen LogP contribution in [0, 0.1) is 0 Å². The number of unbranched alkanes of at least 4 members (excludes halogenated alkanes) is 12. The molecule has 0 rings (SSSR count). The molecule has 2 nitrogen and oxygen atoms in total. The van der Waals surface area contributed by atoms with Crippen molar-refractivity contribution in [3.8, 4) is 0 Å². The third-order valence-electron chi connectivity index (χ3n) is 4.31. The van der Waals surface area contributed by atoms with Gasteiger partial charge in [0.15, 0.2) is 0 Å². The Balaban J connectivity index is 3.17. The van der Waals surface area contributed by atoms with E-state index in [0.717, 1.165) is 32.1 Å². The molecule has 0 fully saturated rings. The molecule has 0 aromatic heterocycles. The fraction of sp³-hybridized carbons (Fsp3) is 0.773. The zero-order valence-electron chi connectivity index (χ0n) is 16.0. The zero-order valence-corrected chi connectivity index (χ0v) is 16.0. The minimum Gasteiger partial charge on any atom is -0.481 e. The van der Waals surface area contributed by atoms with Crippen LogP contribution in [0.4, 0.5) is 0 Å². The summed E-state index contributed by atoms with van der Waals surface area (Å²) in [6, 6.07) is 0. The van der Waals surface area contributed by atoms with E-state index in [9.17, 15) is 4.79 Å². The van der Waals surface area contributed by atoms with Crippen molar-refractivity contribution in [2.75, 3.05) is 0 Å². The zero-order chi connectivity index (χ0) is 17.7. The molecule has 140 valence electrons. The largest absolute Gasteiger partial charge is 0.481 e. The summed E-state index contributed by atoms with van der Waals surface area (Å²) in [5.41, 5.74) is 0. The first-order chi connectivity index (χ1) is 11.8. The van der Waals surface area contributed by atoms with Crippen molar-refractivity contribution in [2.45, 2.75) is 110 Å². The van der Waals surface area contributed by atoms with E-state index in [1.165, 1.54) is 64.2 Å². The number of hydrogen-bond acceptors (Lipinski definition) is 1. The number of rotatable bonds is 18. The molecule has 0 heterocycles. The molecule has 0 spiro atoms. The Morgan fingerprint density at radius 2 is 1.04 bits per heavy atom. The van der Waals surface area contributed by atoms with Gasteiger partial charge in [-0.1, -0.05) is 76.2 Å². The molecule has 0 saturated heterocycles. The van der Waals surface area contributed by atoms with Crippen LogP contribution in [-0.4, -0.2) is 11.1 Å². The molecule has 0 radical (unpaired) electrons. The first kappa shape index (κ1) is 22.9. The van der Waals surface area contributed by atoms with Crippen molar-refractivity contribution in [2.24, 2.45) is 0 Å². The Morgan fingerprint density at radius 3 is 1.54 bits per heavy atom. The second-order valence-corrected chi connectivity index (χ2v) is 6.78. The van der Waals surface area contributed by atoms with Gasteiger partial charge in [0.05, 0.1) is 0 Å². The Bertz CT molecular complexity index is 318. The van der Waals surface area contributed by atoms with Gasteiger partial charge in [-0.05, 0) is 51.4 Å². The Labute approximate surface area is 150 Å². The van der Waals surface area contributed by atoms with Crippen molar-refractivity contribution >= 4 is 5.97 Å². The lowest BCUT2D eigenvalue weighted by molar-refractivity contribution is -0.137. The summed E-state index contributed by atoms with van der Waals surface area (Å²) in [6.45, 7) is 2.27. The highest BCUT2D eigenvalue weighted by atomic mass is 16.4. The third-order valence-corrected chi connectivity index (χ3v) is 4.31. The highest BCUT2D eigenvalue weighted by Crippen LogP contribution is 2.09. The molecule has 0 amide bonds. The molecule has 0 aromatic rings. The van der Waals surface area contributed by atoms with E-state index in [-0.39, 0.29) is 0 Å². The van der Waals surface area contributed by atoms with Gasteiger partial charge in [0.25, 0.3) is 0 Å². The summed E-state index contributed by atoms with van der Waals surface area (Å²) < 4.78 is 0. The maximum atomic E-state index is 10.4. The molecule has 0 bridgehead atoms. The van der Waals surface area contributed by atoms with E-state index in [1.54, 1.807) is 0 Å². The Kier molecular flexibility index (Phi) is 19.1. The van der Waals surface area contributed by atoms with Crippen molar-refractivity contribution < 1.29 is 9.90 Å². The summed E-state index contributed by atoms with van der Waals surface area (Å²) >= 11 is 0. The normalized spacial score (nSPS) is 11.7. The molecule has 0 saturated carbocycles. The Morgan fingerprint density at radius 1 is 0.625 bits per heavy atom. The average molecular weight is 337 g/mol. The first-order valence-corrected chi connectivity index (χ1v) is 10.3. The lowest BCUT2D eigenvalue weighted by Gasteiger charge is -1.98. The second kappa shape index (κ2) is 20.0. The molecular formula is C22H40O2. The van der Waals surface area contributed by atoms with E-state index in [4.69, 9.17) is 5.11 Å². The van der Waals surface area contributed by atoms with E-state index in [1.807, 2.05) is 0 Å². The number of carboxylic acids is 1. The van der Waals surface area contributed by atoms with Crippen LogP contribution in [0.1, 0.15) is 110 Å². The van der Waals surface area contributed by atoms with Crippen LogP contribution in [0.3, 0.4) is 0 Å². The maximum absolute atomic E-state index is 10.4.